The third kappa shape index (κ3) is 3.47. The highest BCUT2D eigenvalue weighted by Gasteiger charge is 2.10. The van der Waals surface area contributed by atoms with E-state index in [4.69, 9.17) is 5.73 Å². The van der Waals surface area contributed by atoms with Gasteiger partial charge < -0.3 is 11.1 Å². The zero-order chi connectivity index (χ0) is 19.7. The molecule has 4 aromatic rings. The normalized spacial score (nSPS) is 10.9. The Morgan fingerprint density at radius 3 is 2.54 bits per heavy atom. The molecule has 0 saturated carbocycles. The number of nitrogen functional groups attached to an aromatic ring is 1. The Hall–Kier alpha value is -3.60. The van der Waals surface area contributed by atoms with Gasteiger partial charge in [0.05, 0.1) is 29.1 Å². The van der Waals surface area contributed by atoms with Crippen molar-refractivity contribution in [2.45, 2.75) is 20.4 Å². The Morgan fingerprint density at radius 2 is 1.79 bits per heavy atom. The molecule has 5 nitrogen and oxygen atoms in total. The Morgan fingerprint density at radius 1 is 1.04 bits per heavy atom. The molecule has 1 amide bonds. The monoisotopic (exact) mass is 370 g/mol. The molecule has 0 fully saturated rings. The maximum absolute atomic E-state index is 12.5. The summed E-state index contributed by atoms with van der Waals surface area (Å²) < 4.78 is 2.00. The second-order valence-corrected chi connectivity index (χ2v) is 7.00. The van der Waals surface area contributed by atoms with Gasteiger partial charge in [0.1, 0.15) is 0 Å². The Balaban J connectivity index is 1.52. The molecule has 0 aliphatic rings. The van der Waals surface area contributed by atoms with Crippen molar-refractivity contribution >= 4 is 28.2 Å². The highest BCUT2D eigenvalue weighted by molar-refractivity contribution is 6.05. The van der Waals surface area contributed by atoms with Gasteiger partial charge in [-0.3, -0.25) is 9.48 Å². The number of fused-ring (bicyclic) bond motifs is 1. The smallest absolute Gasteiger partial charge is 0.255 e. The fourth-order valence-electron chi connectivity index (χ4n) is 3.31. The Kier molecular flexibility index (Phi) is 4.57. The molecule has 0 aliphatic carbocycles. The number of rotatable bonds is 4. The number of nitrogens with zero attached hydrogens (tertiary/aromatic N) is 2. The van der Waals surface area contributed by atoms with E-state index in [1.54, 1.807) is 12.1 Å². The van der Waals surface area contributed by atoms with Crippen LogP contribution in [0.25, 0.3) is 10.9 Å². The summed E-state index contributed by atoms with van der Waals surface area (Å²) in [4.78, 5) is 12.5. The molecule has 4 rings (SSSR count). The van der Waals surface area contributed by atoms with Gasteiger partial charge in [0.15, 0.2) is 0 Å². The maximum Gasteiger partial charge on any atom is 0.255 e. The minimum absolute atomic E-state index is 0.180. The van der Waals surface area contributed by atoms with Crippen molar-refractivity contribution in [1.82, 2.24) is 9.78 Å². The SMILES string of the molecule is Cc1ccc2c(c1)c(C)nn2Cc1ccc(C(=O)Nc2ccccc2N)cc1. The van der Waals surface area contributed by atoms with Crippen LogP contribution >= 0.6 is 0 Å². The zero-order valence-electron chi connectivity index (χ0n) is 15.9. The van der Waals surface area contributed by atoms with Crippen LogP contribution in [0.1, 0.15) is 27.2 Å². The van der Waals surface area contributed by atoms with Crippen LogP contribution in [0.3, 0.4) is 0 Å². The summed E-state index contributed by atoms with van der Waals surface area (Å²) in [5, 5.41) is 8.70. The van der Waals surface area contributed by atoms with E-state index in [1.165, 1.54) is 10.9 Å². The van der Waals surface area contributed by atoms with Gasteiger partial charge >= 0.3 is 0 Å². The summed E-state index contributed by atoms with van der Waals surface area (Å²) in [6.45, 7) is 4.77. The van der Waals surface area contributed by atoms with Crippen molar-refractivity contribution in [2.75, 3.05) is 11.1 Å². The van der Waals surface area contributed by atoms with Crippen LogP contribution in [-0.2, 0) is 6.54 Å². The van der Waals surface area contributed by atoms with E-state index in [9.17, 15) is 4.79 Å². The molecule has 28 heavy (non-hydrogen) atoms. The number of amides is 1. The second kappa shape index (κ2) is 7.19. The highest BCUT2D eigenvalue weighted by atomic mass is 16.1. The number of nitrogens with two attached hydrogens (primary N) is 1. The molecule has 0 atom stereocenters. The van der Waals surface area contributed by atoms with E-state index in [0.717, 1.165) is 16.8 Å². The average Bonchev–Trinajstić information content (AvgIpc) is 2.99. The number of aryl methyl sites for hydroxylation is 2. The number of carbonyl (C=O) groups is 1. The Bertz CT molecular complexity index is 1160. The number of anilines is 2. The lowest BCUT2D eigenvalue weighted by molar-refractivity contribution is 0.102. The van der Waals surface area contributed by atoms with E-state index < -0.39 is 0 Å². The summed E-state index contributed by atoms with van der Waals surface area (Å²) in [7, 11) is 0. The molecular weight excluding hydrogens is 348 g/mol. The predicted octanol–water partition coefficient (Wildman–Crippen LogP) is 4.54. The molecule has 0 radical (unpaired) electrons. The third-order valence-electron chi connectivity index (χ3n) is 4.85. The van der Waals surface area contributed by atoms with Crippen molar-refractivity contribution < 1.29 is 4.79 Å². The van der Waals surface area contributed by atoms with Crippen molar-refractivity contribution in [1.29, 1.82) is 0 Å². The number of nitrogens with one attached hydrogen (secondary N) is 1. The van der Waals surface area contributed by atoms with Gasteiger partial charge in [-0.15, -0.1) is 0 Å². The van der Waals surface area contributed by atoms with Gasteiger partial charge in [0, 0.05) is 10.9 Å². The van der Waals surface area contributed by atoms with Crippen molar-refractivity contribution in [2.24, 2.45) is 0 Å². The summed E-state index contributed by atoms with van der Waals surface area (Å²) >= 11 is 0. The molecule has 0 unspecified atom stereocenters. The van der Waals surface area contributed by atoms with Crippen LogP contribution in [0, 0.1) is 13.8 Å². The number of para-hydroxylation sites is 2. The second-order valence-electron chi connectivity index (χ2n) is 7.00. The number of benzene rings is 3. The maximum atomic E-state index is 12.5. The van der Waals surface area contributed by atoms with E-state index in [-0.39, 0.29) is 5.91 Å². The summed E-state index contributed by atoms with van der Waals surface area (Å²) in [6.07, 6.45) is 0. The Labute approximate surface area is 163 Å². The molecular formula is C23H22N4O. The quantitative estimate of drug-likeness (QED) is 0.518. The summed E-state index contributed by atoms with van der Waals surface area (Å²) in [5.74, 6) is -0.180. The van der Waals surface area contributed by atoms with Crippen LogP contribution < -0.4 is 11.1 Å². The van der Waals surface area contributed by atoms with Crippen LogP contribution in [0.15, 0.2) is 66.7 Å². The topological polar surface area (TPSA) is 72.9 Å². The lowest BCUT2D eigenvalue weighted by Crippen LogP contribution is -2.13. The fraction of sp³-hybridized carbons (Fsp3) is 0.130. The molecule has 5 heteroatoms. The van der Waals surface area contributed by atoms with Crippen LogP contribution in [0.2, 0.25) is 0 Å². The standard InChI is InChI=1S/C23H22N4O/c1-15-7-12-22-19(13-15)16(2)26-27(22)14-17-8-10-18(11-9-17)23(28)25-21-6-4-3-5-20(21)24/h3-13H,14,24H2,1-2H3,(H,25,28). The van der Waals surface area contributed by atoms with Gasteiger partial charge in [-0.25, -0.2) is 0 Å². The summed E-state index contributed by atoms with van der Waals surface area (Å²) in [6, 6.07) is 21.2. The molecule has 140 valence electrons. The van der Waals surface area contributed by atoms with E-state index >= 15 is 0 Å². The number of hydrogen-bond acceptors (Lipinski definition) is 3. The van der Waals surface area contributed by atoms with Crippen molar-refractivity contribution in [3.63, 3.8) is 0 Å². The van der Waals surface area contributed by atoms with Crippen LogP contribution in [0.4, 0.5) is 11.4 Å². The van der Waals surface area contributed by atoms with Gasteiger partial charge in [0.25, 0.3) is 5.91 Å². The van der Waals surface area contributed by atoms with Crippen molar-refractivity contribution in [3.8, 4) is 0 Å². The lowest BCUT2D eigenvalue weighted by Gasteiger charge is -2.09. The molecule has 3 N–H and O–H groups in total. The molecule has 0 saturated heterocycles. The van der Waals surface area contributed by atoms with Gasteiger partial charge in [0.2, 0.25) is 0 Å². The van der Waals surface area contributed by atoms with Gasteiger partial charge in [-0.2, -0.15) is 5.10 Å². The van der Waals surface area contributed by atoms with E-state index in [1.807, 2.05) is 48.0 Å². The summed E-state index contributed by atoms with van der Waals surface area (Å²) in [5.41, 5.74) is 12.1. The lowest BCUT2D eigenvalue weighted by atomic mass is 10.1. The number of aromatic nitrogens is 2. The fourth-order valence-corrected chi connectivity index (χ4v) is 3.31. The zero-order valence-corrected chi connectivity index (χ0v) is 15.9. The first-order valence-corrected chi connectivity index (χ1v) is 9.20. The number of hydrogen-bond donors (Lipinski definition) is 2. The molecule has 1 aromatic heterocycles. The first kappa shape index (κ1) is 17.8. The molecule has 0 aliphatic heterocycles. The van der Waals surface area contributed by atoms with Crippen LogP contribution in [0.5, 0.6) is 0 Å². The molecule has 3 aromatic carbocycles. The van der Waals surface area contributed by atoms with Gasteiger partial charge in [-0.1, -0.05) is 35.9 Å². The minimum Gasteiger partial charge on any atom is -0.397 e. The first-order valence-electron chi connectivity index (χ1n) is 9.20. The van der Waals surface area contributed by atoms with Crippen LogP contribution in [-0.4, -0.2) is 15.7 Å². The predicted molar refractivity (Wildman–Crippen MR) is 114 cm³/mol. The molecule has 0 bridgehead atoms. The number of carbonyl (C=O) groups excluding carboxylic acids is 1. The van der Waals surface area contributed by atoms with E-state index in [2.05, 4.69) is 35.5 Å². The minimum atomic E-state index is -0.180. The van der Waals surface area contributed by atoms with Crippen molar-refractivity contribution in [3.05, 3.63) is 89.1 Å². The van der Waals surface area contributed by atoms with Gasteiger partial charge in [-0.05, 0) is 55.8 Å². The van der Waals surface area contributed by atoms with E-state index in [0.29, 0.717) is 23.5 Å². The molecule has 1 heterocycles. The average molecular weight is 370 g/mol. The third-order valence-corrected chi connectivity index (χ3v) is 4.85. The highest BCUT2D eigenvalue weighted by Crippen LogP contribution is 2.21. The molecule has 0 spiro atoms. The largest absolute Gasteiger partial charge is 0.397 e. The first-order chi connectivity index (χ1) is 13.5.